The Labute approximate surface area is 145 Å². The van der Waals surface area contributed by atoms with Crippen LogP contribution < -0.4 is 0 Å². The molecule has 0 unspecified atom stereocenters. The molecule has 0 N–H and O–H groups in total. The van der Waals surface area contributed by atoms with Crippen LogP contribution in [0, 0.1) is 27.2 Å². The van der Waals surface area contributed by atoms with E-state index in [1.807, 2.05) is 31.2 Å². The minimum absolute atomic E-state index is 0.104. The van der Waals surface area contributed by atoms with Crippen LogP contribution in [-0.2, 0) is 0 Å². The van der Waals surface area contributed by atoms with E-state index < -0.39 is 15.5 Å². The van der Waals surface area contributed by atoms with Crippen LogP contribution in [0.1, 0.15) is 5.56 Å². The molecular formula is C15H10N4O5S. The molecule has 0 radical (unpaired) electrons. The summed E-state index contributed by atoms with van der Waals surface area (Å²) in [5.41, 5.74) is 1.05. The summed E-state index contributed by atoms with van der Waals surface area (Å²) in [6.07, 6.45) is 0. The Morgan fingerprint density at radius 1 is 1.00 bits per heavy atom. The predicted molar refractivity (Wildman–Crippen MR) is 88.3 cm³/mol. The first-order valence-electron chi connectivity index (χ1n) is 6.95. The number of nitro groups is 2. The smallest absolute Gasteiger partial charge is 0.290 e. The highest BCUT2D eigenvalue weighted by Gasteiger charge is 2.22. The Hall–Kier alpha value is -3.27. The minimum atomic E-state index is -0.691. The van der Waals surface area contributed by atoms with Gasteiger partial charge in [0, 0.05) is 11.6 Å². The number of nitrogens with zero attached hydrogens (tertiary/aromatic N) is 4. The Kier molecular flexibility index (Phi) is 4.44. The van der Waals surface area contributed by atoms with E-state index in [1.165, 1.54) is 12.1 Å². The van der Waals surface area contributed by atoms with Gasteiger partial charge in [-0.1, -0.05) is 17.7 Å². The number of non-ortho nitro benzene ring substituents is 1. The molecule has 0 spiro atoms. The van der Waals surface area contributed by atoms with Crippen molar-refractivity contribution in [1.82, 2.24) is 10.2 Å². The van der Waals surface area contributed by atoms with Gasteiger partial charge in [-0.25, -0.2) is 0 Å². The van der Waals surface area contributed by atoms with Gasteiger partial charge in [-0.2, -0.15) is 0 Å². The zero-order valence-corrected chi connectivity index (χ0v) is 13.6. The van der Waals surface area contributed by atoms with Gasteiger partial charge in [0.05, 0.1) is 20.8 Å². The monoisotopic (exact) mass is 358 g/mol. The highest BCUT2D eigenvalue weighted by atomic mass is 32.2. The van der Waals surface area contributed by atoms with Crippen molar-refractivity contribution in [2.24, 2.45) is 0 Å². The van der Waals surface area contributed by atoms with E-state index in [-0.39, 0.29) is 21.7 Å². The van der Waals surface area contributed by atoms with Gasteiger partial charge in [-0.05, 0) is 36.9 Å². The summed E-state index contributed by atoms with van der Waals surface area (Å²) in [6.45, 7) is 1.95. The van der Waals surface area contributed by atoms with Crippen molar-refractivity contribution in [3.63, 3.8) is 0 Å². The van der Waals surface area contributed by atoms with Crippen LogP contribution in [0.2, 0.25) is 0 Å². The Morgan fingerprint density at radius 3 is 2.36 bits per heavy atom. The molecule has 0 aliphatic heterocycles. The zero-order chi connectivity index (χ0) is 18.0. The average Bonchev–Trinajstić information content (AvgIpc) is 3.04. The summed E-state index contributed by atoms with van der Waals surface area (Å²) in [7, 11) is 0. The number of benzene rings is 2. The van der Waals surface area contributed by atoms with Gasteiger partial charge in [0.2, 0.25) is 5.89 Å². The molecule has 126 valence electrons. The fourth-order valence-corrected chi connectivity index (χ4v) is 2.77. The molecule has 2 aromatic carbocycles. The third-order valence-electron chi connectivity index (χ3n) is 3.25. The first-order chi connectivity index (χ1) is 11.9. The molecule has 0 amide bonds. The van der Waals surface area contributed by atoms with Crippen LogP contribution in [0.3, 0.4) is 0 Å². The van der Waals surface area contributed by atoms with E-state index in [0.29, 0.717) is 0 Å². The molecule has 0 aliphatic carbocycles. The summed E-state index contributed by atoms with van der Waals surface area (Å²) in [5, 5.41) is 29.8. The van der Waals surface area contributed by atoms with Crippen molar-refractivity contribution in [3.05, 3.63) is 68.3 Å². The summed E-state index contributed by atoms with van der Waals surface area (Å²) in [4.78, 5) is 20.7. The SMILES string of the molecule is Cc1ccc(-c2nnc(Sc3ccc([N+](=O)[O-])cc3[N+](=O)[O-])o2)cc1. The molecule has 0 atom stereocenters. The van der Waals surface area contributed by atoms with Gasteiger partial charge >= 0.3 is 0 Å². The van der Waals surface area contributed by atoms with Crippen LogP contribution in [0.5, 0.6) is 0 Å². The molecule has 0 aliphatic rings. The second-order valence-electron chi connectivity index (χ2n) is 5.01. The molecule has 3 rings (SSSR count). The number of aryl methyl sites for hydroxylation is 1. The second kappa shape index (κ2) is 6.69. The summed E-state index contributed by atoms with van der Waals surface area (Å²) < 4.78 is 5.51. The molecule has 1 heterocycles. The third kappa shape index (κ3) is 3.63. The van der Waals surface area contributed by atoms with E-state index >= 15 is 0 Å². The lowest BCUT2D eigenvalue weighted by atomic mass is 10.1. The van der Waals surface area contributed by atoms with E-state index in [1.54, 1.807) is 0 Å². The number of rotatable bonds is 5. The highest BCUT2D eigenvalue weighted by molar-refractivity contribution is 7.99. The van der Waals surface area contributed by atoms with E-state index in [0.717, 1.165) is 29.0 Å². The highest BCUT2D eigenvalue weighted by Crippen LogP contribution is 2.37. The minimum Gasteiger partial charge on any atom is -0.411 e. The van der Waals surface area contributed by atoms with Crippen LogP contribution in [0.25, 0.3) is 11.5 Å². The normalized spacial score (nSPS) is 10.6. The molecule has 0 saturated heterocycles. The molecule has 0 bridgehead atoms. The topological polar surface area (TPSA) is 125 Å². The third-order valence-corrected chi connectivity index (χ3v) is 4.16. The van der Waals surface area contributed by atoms with Crippen molar-refractivity contribution in [3.8, 4) is 11.5 Å². The van der Waals surface area contributed by atoms with Crippen molar-refractivity contribution in [2.45, 2.75) is 17.0 Å². The van der Waals surface area contributed by atoms with Gasteiger partial charge in [-0.3, -0.25) is 20.2 Å². The zero-order valence-electron chi connectivity index (χ0n) is 12.8. The van der Waals surface area contributed by atoms with Gasteiger partial charge in [0.25, 0.3) is 16.6 Å². The summed E-state index contributed by atoms with van der Waals surface area (Å²) in [6, 6.07) is 10.8. The predicted octanol–water partition coefficient (Wildman–Crippen LogP) is 4.01. The van der Waals surface area contributed by atoms with Gasteiger partial charge in [0.15, 0.2) is 0 Å². The Balaban J connectivity index is 1.89. The fraction of sp³-hybridized carbons (Fsp3) is 0.0667. The average molecular weight is 358 g/mol. The summed E-state index contributed by atoms with van der Waals surface area (Å²) >= 11 is 0.877. The molecular weight excluding hydrogens is 348 g/mol. The molecule has 0 fully saturated rings. The quantitative estimate of drug-likeness (QED) is 0.494. The van der Waals surface area contributed by atoms with Crippen molar-refractivity contribution >= 4 is 23.1 Å². The first-order valence-corrected chi connectivity index (χ1v) is 7.77. The second-order valence-corrected chi connectivity index (χ2v) is 6.00. The van der Waals surface area contributed by atoms with Crippen molar-refractivity contribution < 1.29 is 14.3 Å². The largest absolute Gasteiger partial charge is 0.411 e. The van der Waals surface area contributed by atoms with Crippen LogP contribution in [0.15, 0.2) is 57.0 Å². The number of hydrogen-bond donors (Lipinski definition) is 0. The standard InChI is InChI=1S/C15H10N4O5S/c1-9-2-4-10(5-3-9)14-16-17-15(24-14)25-13-7-6-11(18(20)21)8-12(13)19(22)23/h2-8H,1H3. The molecule has 25 heavy (non-hydrogen) atoms. The number of nitro benzene ring substituents is 2. The maximum Gasteiger partial charge on any atom is 0.290 e. The van der Waals surface area contributed by atoms with E-state index in [2.05, 4.69) is 10.2 Å². The van der Waals surface area contributed by atoms with E-state index in [4.69, 9.17) is 4.42 Å². The number of aromatic nitrogens is 2. The Bertz CT molecular complexity index is 955. The molecule has 0 saturated carbocycles. The maximum atomic E-state index is 11.1. The van der Waals surface area contributed by atoms with Gasteiger partial charge < -0.3 is 4.42 Å². The lowest BCUT2D eigenvalue weighted by Crippen LogP contribution is -1.94. The summed E-state index contributed by atoms with van der Waals surface area (Å²) in [5.74, 6) is 0.284. The van der Waals surface area contributed by atoms with E-state index in [9.17, 15) is 20.2 Å². The van der Waals surface area contributed by atoms with Crippen LogP contribution in [0.4, 0.5) is 11.4 Å². The Morgan fingerprint density at radius 2 is 1.72 bits per heavy atom. The first kappa shape index (κ1) is 16.6. The van der Waals surface area contributed by atoms with Crippen molar-refractivity contribution in [2.75, 3.05) is 0 Å². The van der Waals surface area contributed by atoms with Gasteiger partial charge in [0.1, 0.15) is 0 Å². The van der Waals surface area contributed by atoms with Gasteiger partial charge in [-0.15, -0.1) is 10.2 Å². The lowest BCUT2D eigenvalue weighted by Gasteiger charge is -1.99. The molecule has 1 aromatic heterocycles. The van der Waals surface area contributed by atoms with Crippen molar-refractivity contribution in [1.29, 1.82) is 0 Å². The maximum absolute atomic E-state index is 11.1. The lowest BCUT2D eigenvalue weighted by molar-refractivity contribution is -0.396. The fourth-order valence-electron chi connectivity index (χ4n) is 2.01. The molecule has 10 heteroatoms. The van der Waals surface area contributed by atoms with Crippen LogP contribution in [-0.4, -0.2) is 20.0 Å². The molecule has 9 nitrogen and oxygen atoms in total. The van der Waals surface area contributed by atoms with Crippen LogP contribution >= 0.6 is 11.8 Å². The number of hydrogen-bond acceptors (Lipinski definition) is 8. The molecule has 3 aromatic rings.